The largest absolute Gasteiger partial charge is 0.478 e. The molecule has 5 rings (SSSR count). The number of hydrogen-bond acceptors (Lipinski definition) is 6. The lowest BCUT2D eigenvalue weighted by Crippen LogP contribution is -2.50. The van der Waals surface area contributed by atoms with Crippen molar-refractivity contribution in [3.05, 3.63) is 48.3 Å². The van der Waals surface area contributed by atoms with E-state index < -0.39 is 18.1 Å². The number of fused-ring (bicyclic) bond motifs is 4. The molecule has 0 saturated carbocycles. The zero-order valence-electron chi connectivity index (χ0n) is 22.6. The van der Waals surface area contributed by atoms with Gasteiger partial charge in [-0.2, -0.15) is 13.2 Å². The van der Waals surface area contributed by atoms with Gasteiger partial charge in [0.15, 0.2) is 0 Å². The molecular weight excluding hydrogens is 507 g/mol. The van der Waals surface area contributed by atoms with Gasteiger partial charge >= 0.3 is 6.18 Å². The summed E-state index contributed by atoms with van der Waals surface area (Å²) in [6, 6.07) is 9.74. The average Bonchev–Trinajstić information content (AvgIpc) is 3.11. The topological polar surface area (TPSA) is 61.8 Å². The van der Waals surface area contributed by atoms with E-state index in [0.29, 0.717) is 25.3 Å². The maximum absolute atomic E-state index is 13.6. The number of amides is 1. The van der Waals surface area contributed by atoms with Crippen LogP contribution in [0.25, 0.3) is 22.0 Å². The number of halogens is 3. The van der Waals surface area contributed by atoms with Crippen molar-refractivity contribution in [1.29, 1.82) is 0 Å². The zero-order valence-corrected chi connectivity index (χ0v) is 22.6. The van der Waals surface area contributed by atoms with E-state index in [9.17, 15) is 18.0 Å². The Morgan fingerprint density at radius 3 is 2.44 bits per heavy atom. The summed E-state index contributed by atoms with van der Waals surface area (Å²) < 4.78 is 44.8. The van der Waals surface area contributed by atoms with E-state index in [1.807, 2.05) is 30.3 Å². The minimum Gasteiger partial charge on any atom is -0.478 e. The van der Waals surface area contributed by atoms with Crippen LogP contribution in [-0.4, -0.2) is 85.8 Å². The normalized spacial score (nSPS) is 17.4. The highest BCUT2D eigenvalue weighted by Crippen LogP contribution is 2.50. The predicted molar refractivity (Wildman–Crippen MR) is 145 cm³/mol. The van der Waals surface area contributed by atoms with Crippen molar-refractivity contribution in [1.82, 2.24) is 19.8 Å². The lowest BCUT2D eigenvalue weighted by atomic mass is 9.72. The number of benzene rings is 1. The fraction of sp³-hybridized carbons (Fsp3) is 0.483. The molecule has 1 spiro atoms. The first-order valence-electron chi connectivity index (χ1n) is 13.3. The van der Waals surface area contributed by atoms with Gasteiger partial charge in [-0.3, -0.25) is 14.7 Å². The molecule has 2 aromatic heterocycles. The predicted octanol–water partition coefficient (Wildman–Crippen LogP) is 4.89. The third-order valence-corrected chi connectivity index (χ3v) is 7.83. The molecule has 0 unspecified atom stereocenters. The van der Waals surface area contributed by atoms with Crippen molar-refractivity contribution in [3.63, 3.8) is 0 Å². The number of aromatic nitrogens is 2. The summed E-state index contributed by atoms with van der Waals surface area (Å²) in [5, 5.41) is 0.855. The van der Waals surface area contributed by atoms with E-state index in [2.05, 4.69) is 29.0 Å². The number of likely N-dealkylation sites (N-methyl/N-ethyl adjacent to an activating group) is 1. The van der Waals surface area contributed by atoms with Gasteiger partial charge in [0, 0.05) is 35.8 Å². The molecule has 10 heteroatoms. The number of rotatable bonds is 8. The molecule has 0 bridgehead atoms. The third-order valence-electron chi connectivity index (χ3n) is 7.83. The van der Waals surface area contributed by atoms with Crippen LogP contribution in [0.2, 0.25) is 0 Å². The lowest BCUT2D eigenvalue weighted by molar-refractivity contribution is -0.150. The third kappa shape index (κ3) is 5.58. The number of unbranched alkanes of at least 4 members (excludes halogenated alkanes) is 1. The Kier molecular flexibility index (Phi) is 7.52. The molecule has 1 saturated heterocycles. The van der Waals surface area contributed by atoms with E-state index in [1.54, 1.807) is 24.3 Å². The summed E-state index contributed by atoms with van der Waals surface area (Å²) in [4.78, 5) is 27.8. The Morgan fingerprint density at radius 1 is 1.03 bits per heavy atom. The first kappa shape index (κ1) is 27.3. The number of pyridine rings is 2. The van der Waals surface area contributed by atoms with Crippen LogP contribution in [0, 0.1) is 0 Å². The quantitative estimate of drug-likeness (QED) is 0.379. The fourth-order valence-electron chi connectivity index (χ4n) is 5.81. The smallest absolute Gasteiger partial charge is 0.401 e. The van der Waals surface area contributed by atoms with Gasteiger partial charge in [0.2, 0.25) is 11.8 Å². The second-order valence-electron chi connectivity index (χ2n) is 10.8. The Morgan fingerprint density at radius 2 is 1.77 bits per heavy atom. The molecule has 1 fully saturated rings. The summed E-state index contributed by atoms with van der Waals surface area (Å²) >= 11 is 0. The van der Waals surface area contributed by atoms with Crippen molar-refractivity contribution in [2.75, 3.05) is 58.8 Å². The van der Waals surface area contributed by atoms with E-state index in [0.717, 1.165) is 52.7 Å². The van der Waals surface area contributed by atoms with Crippen LogP contribution in [0.4, 0.5) is 18.9 Å². The number of alkyl halides is 3. The minimum absolute atomic E-state index is 0.0717. The van der Waals surface area contributed by atoms with Crippen molar-refractivity contribution >= 4 is 22.5 Å². The fourth-order valence-corrected chi connectivity index (χ4v) is 5.81. The van der Waals surface area contributed by atoms with E-state index in [1.165, 1.54) is 4.90 Å². The highest BCUT2D eigenvalue weighted by Gasteiger charge is 2.52. The second-order valence-corrected chi connectivity index (χ2v) is 10.8. The van der Waals surface area contributed by atoms with Gasteiger partial charge in [-0.1, -0.05) is 6.07 Å². The molecule has 0 atom stereocenters. The summed E-state index contributed by atoms with van der Waals surface area (Å²) in [6.07, 6.45) is 1.90. The molecule has 3 aromatic rings. The molecule has 0 aliphatic carbocycles. The van der Waals surface area contributed by atoms with Crippen molar-refractivity contribution < 1.29 is 22.7 Å². The molecule has 2 aliphatic rings. The van der Waals surface area contributed by atoms with Crippen LogP contribution in [0.5, 0.6) is 5.88 Å². The first-order valence-corrected chi connectivity index (χ1v) is 13.3. The Bertz CT molecular complexity index is 1340. The summed E-state index contributed by atoms with van der Waals surface area (Å²) in [7, 11) is 5.82. The number of carbonyl (C=O) groups is 1. The standard InChI is InChI=1S/C29H34F3N5O2/c1-35(2)12-4-5-15-39-25-9-7-21(17-34-25)20-6-8-23-22(16-20)26-24(18-33-23)36(3)27(38)28(26)10-13-37(14-11-28)19-29(30,31)32/h6-9,16-18H,4-5,10-15,19H2,1-3H3. The van der Waals surface area contributed by atoms with Crippen LogP contribution in [-0.2, 0) is 10.2 Å². The maximum atomic E-state index is 13.6. The van der Waals surface area contributed by atoms with Gasteiger partial charge in [-0.05, 0) is 83.2 Å². The average molecular weight is 542 g/mol. The number of nitrogens with zero attached hydrogens (tertiary/aromatic N) is 5. The number of likely N-dealkylation sites (tertiary alicyclic amines) is 1. The summed E-state index contributed by atoms with van der Waals surface area (Å²) in [5.74, 6) is 0.501. The lowest BCUT2D eigenvalue weighted by Gasteiger charge is -2.38. The first-order chi connectivity index (χ1) is 18.6. The molecule has 7 nitrogen and oxygen atoms in total. The number of anilines is 1. The molecule has 0 radical (unpaired) electrons. The Balaban J connectivity index is 1.40. The molecular formula is C29H34F3N5O2. The van der Waals surface area contributed by atoms with E-state index >= 15 is 0 Å². The number of hydrogen-bond donors (Lipinski definition) is 0. The Hall–Kier alpha value is -3.24. The highest BCUT2D eigenvalue weighted by molar-refractivity contribution is 6.12. The molecule has 1 amide bonds. The van der Waals surface area contributed by atoms with Gasteiger partial charge in [0.05, 0.1) is 36.0 Å². The molecule has 2 aliphatic heterocycles. The summed E-state index contributed by atoms with van der Waals surface area (Å²) in [6.45, 7) is 1.10. The van der Waals surface area contributed by atoms with Crippen LogP contribution >= 0.6 is 0 Å². The van der Waals surface area contributed by atoms with Gasteiger partial charge in [0.25, 0.3) is 0 Å². The van der Waals surface area contributed by atoms with Gasteiger partial charge < -0.3 is 14.5 Å². The SMILES string of the molecule is CN(C)CCCCOc1ccc(-c2ccc3ncc4c(c3c2)C2(CCN(CC(F)(F)F)CC2)C(=O)N4C)cn1. The van der Waals surface area contributed by atoms with Crippen molar-refractivity contribution in [3.8, 4) is 17.0 Å². The van der Waals surface area contributed by atoms with E-state index in [4.69, 9.17) is 4.74 Å². The molecule has 1 aromatic carbocycles. The van der Waals surface area contributed by atoms with E-state index in [-0.39, 0.29) is 19.0 Å². The second kappa shape index (κ2) is 10.7. The molecule has 208 valence electrons. The van der Waals surface area contributed by atoms with Crippen molar-refractivity contribution in [2.24, 2.45) is 0 Å². The van der Waals surface area contributed by atoms with Crippen LogP contribution in [0.3, 0.4) is 0 Å². The minimum atomic E-state index is -4.26. The van der Waals surface area contributed by atoms with Crippen LogP contribution < -0.4 is 9.64 Å². The molecule has 0 N–H and O–H groups in total. The Labute approximate surface area is 226 Å². The highest BCUT2D eigenvalue weighted by atomic mass is 19.4. The van der Waals surface area contributed by atoms with Gasteiger partial charge in [-0.15, -0.1) is 0 Å². The zero-order chi connectivity index (χ0) is 27.8. The monoisotopic (exact) mass is 541 g/mol. The number of piperidine rings is 1. The molecule has 4 heterocycles. The van der Waals surface area contributed by atoms with Gasteiger partial charge in [0.1, 0.15) is 0 Å². The van der Waals surface area contributed by atoms with Crippen molar-refractivity contribution in [2.45, 2.75) is 37.3 Å². The maximum Gasteiger partial charge on any atom is 0.401 e. The number of ether oxygens (including phenoxy) is 1. The number of carbonyl (C=O) groups excluding carboxylic acids is 1. The van der Waals surface area contributed by atoms with Crippen LogP contribution in [0.1, 0.15) is 31.2 Å². The van der Waals surface area contributed by atoms with Crippen LogP contribution in [0.15, 0.2) is 42.7 Å². The molecule has 39 heavy (non-hydrogen) atoms. The van der Waals surface area contributed by atoms with Gasteiger partial charge in [-0.25, -0.2) is 4.98 Å². The summed E-state index contributed by atoms with van der Waals surface area (Å²) in [5.41, 5.74) is 3.33.